The maximum atomic E-state index is 6.19. The fraction of sp³-hybridized carbons (Fsp3) is 0.200. The largest absolute Gasteiger partial charge is 0.493 e. The predicted octanol–water partition coefficient (Wildman–Crippen LogP) is 3.95. The number of nitrogens with zero attached hydrogens (tertiary/aromatic N) is 2. The number of halogens is 1. The highest BCUT2D eigenvalue weighted by Gasteiger charge is 2.10. The SMILES string of the molecule is COc1ccc(Cc2nc(Cl)c3ccsc3n2)cc1OC. The Kier molecular flexibility index (Phi) is 3.94. The minimum atomic E-state index is 0.497. The molecule has 0 aliphatic carbocycles. The van der Waals surface area contributed by atoms with Gasteiger partial charge in [-0.1, -0.05) is 17.7 Å². The van der Waals surface area contributed by atoms with Gasteiger partial charge in [-0.3, -0.25) is 0 Å². The van der Waals surface area contributed by atoms with Gasteiger partial charge < -0.3 is 9.47 Å². The third-order valence-electron chi connectivity index (χ3n) is 3.14. The standard InChI is InChI=1S/C15H13ClN2O2S/c1-19-11-4-3-9(7-12(11)20-2)8-13-17-14(16)10-5-6-21-15(10)18-13/h3-7H,8H2,1-2H3. The first-order valence-corrected chi connectivity index (χ1v) is 7.57. The van der Waals surface area contributed by atoms with Gasteiger partial charge in [0.2, 0.25) is 0 Å². The first-order valence-electron chi connectivity index (χ1n) is 6.32. The van der Waals surface area contributed by atoms with E-state index in [9.17, 15) is 0 Å². The van der Waals surface area contributed by atoms with Crippen LogP contribution in [0, 0.1) is 0 Å². The Labute approximate surface area is 131 Å². The zero-order valence-corrected chi connectivity index (χ0v) is 13.2. The van der Waals surface area contributed by atoms with E-state index in [0.717, 1.165) is 15.8 Å². The summed E-state index contributed by atoms with van der Waals surface area (Å²) < 4.78 is 10.5. The number of hydrogen-bond donors (Lipinski definition) is 0. The number of ether oxygens (including phenoxy) is 2. The lowest BCUT2D eigenvalue weighted by Gasteiger charge is -2.09. The van der Waals surface area contributed by atoms with Crippen molar-refractivity contribution < 1.29 is 9.47 Å². The Hall–Kier alpha value is -1.85. The lowest BCUT2D eigenvalue weighted by Crippen LogP contribution is -1.98. The molecule has 21 heavy (non-hydrogen) atoms. The molecule has 0 aliphatic rings. The van der Waals surface area contributed by atoms with E-state index < -0.39 is 0 Å². The van der Waals surface area contributed by atoms with Gasteiger partial charge in [0.25, 0.3) is 0 Å². The second-order valence-corrected chi connectivity index (χ2v) is 5.69. The molecular weight excluding hydrogens is 308 g/mol. The number of benzene rings is 1. The summed E-state index contributed by atoms with van der Waals surface area (Å²) in [7, 11) is 3.23. The van der Waals surface area contributed by atoms with E-state index >= 15 is 0 Å². The van der Waals surface area contributed by atoms with Crippen LogP contribution in [0.25, 0.3) is 10.2 Å². The third-order valence-corrected chi connectivity index (χ3v) is 4.23. The number of fused-ring (bicyclic) bond motifs is 1. The predicted molar refractivity (Wildman–Crippen MR) is 84.8 cm³/mol. The van der Waals surface area contributed by atoms with Gasteiger partial charge in [0.05, 0.1) is 14.2 Å². The van der Waals surface area contributed by atoms with Crippen molar-refractivity contribution in [1.29, 1.82) is 0 Å². The molecule has 0 spiro atoms. The maximum absolute atomic E-state index is 6.19. The quantitative estimate of drug-likeness (QED) is 0.683. The molecule has 0 unspecified atom stereocenters. The van der Waals surface area contributed by atoms with E-state index in [1.165, 1.54) is 0 Å². The van der Waals surface area contributed by atoms with Crippen LogP contribution in [0.15, 0.2) is 29.6 Å². The van der Waals surface area contributed by atoms with E-state index in [-0.39, 0.29) is 0 Å². The normalized spacial score (nSPS) is 10.8. The summed E-state index contributed by atoms with van der Waals surface area (Å²) in [5, 5.41) is 3.36. The van der Waals surface area contributed by atoms with Crippen molar-refractivity contribution in [2.45, 2.75) is 6.42 Å². The van der Waals surface area contributed by atoms with Crippen LogP contribution in [0.4, 0.5) is 0 Å². The molecule has 0 aliphatic heterocycles. The molecule has 3 rings (SSSR count). The molecule has 0 saturated heterocycles. The summed E-state index contributed by atoms with van der Waals surface area (Å²) in [6.45, 7) is 0. The summed E-state index contributed by atoms with van der Waals surface area (Å²) in [5.74, 6) is 2.09. The summed E-state index contributed by atoms with van der Waals surface area (Å²) >= 11 is 7.75. The zero-order valence-electron chi connectivity index (χ0n) is 11.6. The zero-order chi connectivity index (χ0) is 14.8. The van der Waals surface area contributed by atoms with Crippen LogP contribution in [0.3, 0.4) is 0 Å². The number of rotatable bonds is 4. The number of hydrogen-bond acceptors (Lipinski definition) is 5. The lowest BCUT2D eigenvalue weighted by molar-refractivity contribution is 0.354. The molecule has 0 fully saturated rings. The van der Waals surface area contributed by atoms with E-state index in [0.29, 0.717) is 28.9 Å². The second kappa shape index (κ2) is 5.87. The molecule has 0 N–H and O–H groups in total. The Balaban J connectivity index is 1.94. The van der Waals surface area contributed by atoms with Crippen molar-refractivity contribution in [2.24, 2.45) is 0 Å². The van der Waals surface area contributed by atoms with Gasteiger partial charge in [-0.15, -0.1) is 11.3 Å². The minimum Gasteiger partial charge on any atom is -0.493 e. The molecule has 2 aromatic heterocycles. The molecule has 3 aromatic rings. The topological polar surface area (TPSA) is 44.2 Å². The Bertz CT molecular complexity index is 788. The number of aromatic nitrogens is 2. The van der Waals surface area contributed by atoms with Gasteiger partial charge in [0.1, 0.15) is 15.8 Å². The van der Waals surface area contributed by atoms with Gasteiger partial charge in [0.15, 0.2) is 11.5 Å². The lowest BCUT2D eigenvalue weighted by atomic mass is 10.1. The molecule has 1 aromatic carbocycles. The van der Waals surface area contributed by atoms with E-state index in [4.69, 9.17) is 21.1 Å². The first kappa shape index (κ1) is 14.1. The average molecular weight is 321 g/mol. The molecule has 4 nitrogen and oxygen atoms in total. The summed E-state index contributed by atoms with van der Waals surface area (Å²) in [6, 6.07) is 7.70. The highest BCUT2D eigenvalue weighted by molar-refractivity contribution is 7.16. The number of methoxy groups -OCH3 is 2. The van der Waals surface area contributed by atoms with Crippen molar-refractivity contribution in [2.75, 3.05) is 14.2 Å². The highest BCUT2D eigenvalue weighted by Crippen LogP contribution is 2.29. The van der Waals surface area contributed by atoms with Gasteiger partial charge in [-0.05, 0) is 29.1 Å². The number of thiophene rings is 1. The second-order valence-electron chi connectivity index (χ2n) is 4.44. The van der Waals surface area contributed by atoms with E-state index in [2.05, 4.69) is 9.97 Å². The van der Waals surface area contributed by atoms with Crippen LogP contribution in [0.1, 0.15) is 11.4 Å². The van der Waals surface area contributed by atoms with Crippen LogP contribution in [-0.2, 0) is 6.42 Å². The molecule has 0 bridgehead atoms. The van der Waals surface area contributed by atoms with Crippen molar-refractivity contribution in [3.05, 3.63) is 46.2 Å². The van der Waals surface area contributed by atoms with Crippen molar-refractivity contribution >= 4 is 33.2 Å². The fourth-order valence-corrected chi connectivity index (χ4v) is 3.20. The fourth-order valence-electron chi connectivity index (χ4n) is 2.11. The Morgan fingerprint density at radius 2 is 1.90 bits per heavy atom. The Morgan fingerprint density at radius 1 is 1.10 bits per heavy atom. The molecule has 0 saturated carbocycles. The summed E-state index contributed by atoms with van der Waals surface area (Å²) in [5.41, 5.74) is 1.04. The van der Waals surface area contributed by atoms with E-state index in [1.807, 2.05) is 29.6 Å². The van der Waals surface area contributed by atoms with Gasteiger partial charge in [0, 0.05) is 11.8 Å². The molecule has 108 valence electrons. The van der Waals surface area contributed by atoms with Crippen molar-refractivity contribution in [3.63, 3.8) is 0 Å². The molecule has 0 radical (unpaired) electrons. The Morgan fingerprint density at radius 3 is 2.67 bits per heavy atom. The molecule has 6 heteroatoms. The van der Waals surface area contributed by atoms with Crippen molar-refractivity contribution in [1.82, 2.24) is 9.97 Å². The molecule has 0 atom stereocenters. The van der Waals surface area contributed by atoms with Crippen LogP contribution >= 0.6 is 22.9 Å². The highest BCUT2D eigenvalue weighted by atomic mass is 35.5. The van der Waals surface area contributed by atoms with Gasteiger partial charge in [-0.25, -0.2) is 9.97 Å². The van der Waals surface area contributed by atoms with Crippen LogP contribution in [0.5, 0.6) is 11.5 Å². The van der Waals surface area contributed by atoms with Gasteiger partial charge >= 0.3 is 0 Å². The average Bonchev–Trinajstić information content (AvgIpc) is 2.96. The van der Waals surface area contributed by atoms with Gasteiger partial charge in [-0.2, -0.15) is 0 Å². The smallest absolute Gasteiger partial charge is 0.161 e. The first-order chi connectivity index (χ1) is 10.2. The van der Waals surface area contributed by atoms with Crippen LogP contribution in [-0.4, -0.2) is 24.2 Å². The third kappa shape index (κ3) is 2.80. The van der Waals surface area contributed by atoms with E-state index in [1.54, 1.807) is 25.6 Å². The maximum Gasteiger partial charge on any atom is 0.161 e. The molecular formula is C15H13ClN2O2S. The van der Waals surface area contributed by atoms with Crippen LogP contribution in [0.2, 0.25) is 5.15 Å². The summed E-state index contributed by atoms with van der Waals surface area (Å²) in [4.78, 5) is 9.80. The van der Waals surface area contributed by atoms with Crippen molar-refractivity contribution in [3.8, 4) is 11.5 Å². The monoisotopic (exact) mass is 320 g/mol. The summed E-state index contributed by atoms with van der Waals surface area (Å²) in [6.07, 6.45) is 0.591. The molecule has 0 amide bonds. The molecule has 2 heterocycles. The van der Waals surface area contributed by atoms with Crippen LogP contribution < -0.4 is 9.47 Å². The minimum absolute atomic E-state index is 0.497.